The summed E-state index contributed by atoms with van der Waals surface area (Å²) in [6.45, 7) is -0.997. The number of halogens is 7. The average Bonchev–Trinajstić information content (AvgIpc) is 2.99. The van der Waals surface area contributed by atoms with Crippen molar-refractivity contribution in [1.29, 1.82) is 0 Å². The number of anilines is 1. The lowest BCUT2D eigenvalue weighted by molar-refractivity contribution is -0.193. The van der Waals surface area contributed by atoms with Gasteiger partial charge in [0.15, 0.2) is 23.1 Å². The molecule has 0 atom stereocenters. The Labute approximate surface area is 239 Å². The quantitative estimate of drug-likeness (QED) is 0.157. The zero-order chi connectivity index (χ0) is 31.1. The molecule has 6 nitrogen and oxygen atoms in total. The first kappa shape index (κ1) is 29.5. The molecule has 0 fully saturated rings. The van der Waals surface area contributed by atoms with Crippen molar-refractivity contribution in [2.75, 3.05) is 19.1 Å². The molecule has 0 spiro atoms. The van der Waals surface area contributed by atoms with Crippen LogP contribution in [0.1, 0.15) is 11.1 Å². The first-order valence-corrected chi connectivity index (χ1v) is 12.4. The molecule has 0 N–H and O–H groups in total. The van der Waals surface area contributed by atoms with Gasteiger partial charge >= 0.3 is 12.0 Å². The Hall–Kier alpha value is -4.94. The summed E-state index contributed by atoms with van der Waals surface area (Å²) in [5.41, 5.74) is -2.38. The summed E-state index contributed by atoms with van der Waals surface area (Å²) in [6, 6.07) is 12.9. The van der Waals surface area contributed by atoms with Crippen LogP contribution in [0, 0.1) is 29.1 Å². The van der Waals surface area contributed by atoms with Gasteiger partial charge in [0.05, 0.1) is 32.0 Å². The fourth-order valence-corrected chi connectivity index (χ4v) is 4.40. The normalized spacial score (nSPS) is 13.8. The molecular formula is C30H20F7NO5. The number of carbonyl (C=O) groups excluding carboxylic acids is 1. The van der Waals surface area contributed by atoms with Crippen molar-refractivity contribution < 1.29 is 54.5 Å². The third-order valence-corrected chi connectivity index (χ3v) is 6.61. The van der Waals surface area contributed by atoms with Gasteiger partial charge in [-0.3, -0.25) is 9.69 Å². The lowest BCUT2D eigenvalue weighted by atomic mass is 10.00. The lowest BCUT2D eigenvalue weighted by Gasteiger charge is -2.34. The number of hydrogen-bond acceptors (Lipinski definition) is 5. The molecule has 0 aromatic heterocycles. The summed E-state index contributed by atoms with van der Waals surface area (Å²) in [4.78, 5) is 13.1. The fourth-order valence-electron chi connectivity index (χ4n) is 4.40. The summed E-state index contributed by atoms with van der Waals surface area (Å²) < 4.78 is 124. The number of fused-ring (bicyclic) bond motifs is 1. The smallest absolute Gasteiger partial charge is 0.482 e. The standard InChI is InChI=1S/C30H20F7NO5/c1-40-17-7-3-15(4-8-17)13-38-21-11-19(20(31)12-22(21)43-30(36,37)29(38)39)23-24(32)26(34)28(27(35)25(23)33)42-14-16-5-9-18(41-2)10-6-16/h3-12H,13-14H2,1-2H3. The fraction of sp³-hybridized carbons (Fsp3) is 0.167. The van der Waals surface area contributed by atoms with Gasteiger partial charge in [-0.15, -0.1) is 0 Å². The molecule has 13 heteroatoms. The molecule has 0 saturated carbocycles. The summed E-state index contributed by atoms with van der Waals surface area (Å²) in [6.07, 6.45) is -4.41. The van der Waals surface area contributed by atoms with Crippen LogP contribution in [0.25, 0.3) is 11.1 Å². The van der Waals surface area contributed by atoms with E-state index in [1.165, 1.54) is 62.8 Å². The number of ether oxygens (including phenoxy) is 4. The van der Waals surface area contributed by atoms with E-state index in [1.54, 1.807) is 0 Å². The van der Waals surface area contributed by atoms with Gasteiger partial charge in [-0.2, -0.15) is 17.6 Å². The number of rotatable bonds is 8. The van der Waals surface area contributed by atoms with E-state index in [0.717, 1.165) is 0 Å². The summed E-state index contributed by atoms with van der Waals surface area (Å²) in [7, 11) is 2.82. The highest BCUT2D eigenvalue weighted by atomic mass is 19.3. The van der Waals surface area contributed by atoms with Gasteiger partial charge in [0.25, 0.3) is 0 Å². The van der Waals surface area contributed by atoms with E-state index in [4.69, 9.17) is 14.2 Å². The Bertz CT molecular complexity index is 1670. The van der Waals surface area contributed by atoms with Gasteiger partial charge in [-0.1, -0.05) is 24.3 Å². The Morgan fingerprint density at radius 3 is 1.84 bits per heavy atom. The molecule has 1 heterocycles. The predicted molar refractivity (Wildman–Crippen MR) is 139 cm³/mol. The highest BCUT2D eigenvalue weighted by Crippen LogP contribution is 2.45. The van der Waals surface area contributed by atoms with Crippen molar-refractivity contribution in [2.24, 2.45) is 0 Å². The van der Waals surface area contributed by atoms with E-state index in [-0.39, 0.29) is 0 Å². The van der Waals surface area contributed by atoms with Gasteiger partial charge in [-0.25, -0.2) is 13.2 Å². The van der Waals surface area contributed by atoms with Gasteiger partial charge in [0.2, 0.25) is 11.6 Å². The predicted octanol–water partition coefficient (Wildman–Crippen LogP) is 7.16. The third kappa shape index (κ3) is 5.49. The molecule has 1 amide bonds. The van der Waals surface area contributed by atoms with Crippen molar-refractivity contribution in [3.63, 3.8) is 0 Å². The summed E-state index contributed by atoms with van der Waals surface area (Å²) in [5, 5.41) is 0. The molecule has 43 heavy (non-hydrogen) atoms. The zero-order valence-electron chi connectivity index (χ0n) is 22.3. The van der Waals surface area contributed by atoms with Crippen LogP contribution in [0.2, 0.25) is 0 Å². The van der Waals surface area contributed by atoms with E-state index in [2.05, 4.69) is 4.74 Å². The molecule has 1 aliphatic heterocycles. The van der Waals surface area contributed by atoms with Crippen LogP contribution in [0.3, 0.4) is 0 Å². The molecule has 0 bridgehead atoms. The molecule has 0 saturated heterocycles. The molecule has 0 radical (unpaired) electrons. The molecule has 5 rings (SSSR count). The Morgan fingerprint density at radius 2 is 1.30 bits per heavy atom. The number of amides is 1. The maximum Gasteiger partial charge on any atom is 0.482 e. The van der Waals surface area contributed by atoms with Gasteiger partial charge in [0, 0.05) is 11.6 Å². The molecule has 4 aromatic rings. The molecule has 0 aliphatic carbocycles. The Balaban J connectivity index is 1.55. The van der Waals surface area contributed by atoms with E-state index < -0.39 is 82.6 Å². The number of carbonyl (C=O) groups is 1. The highest BCUT2D eigenvalue weighted by molar-refractivity contribution is 6.01. The number of nitrogens with zero attached hydrogens (tertiary/aromatic N) is 1. The molecular weight excluding hydrogens is 587 g/mol. The van der Waals surface area contributed by atoms with Crippen LogP contribution in [0.5, 0.6) is 23.0 Å². The minimum Gasteiger partial charge on any atom is -0.497 e. The van der Waals surface area contributed by atoms with E-state index in [9.17, 15) is 13.6 Å². The second-order valence-electron chi connectivity index (χ2n) is 9.25. The Morgan fingerprint density at radius 1 is 0.767 bits per heavy atom. The molecule has 4 aromatic carbocycles. The minimum absolute atomic E-state index is 0.316. The van der Waals surface area contributed by atoms with E-state index in [0.29, 0.717) is 39.7 Å². The van der Waals surface area contributed by atoms with Crippen molar-refractivity contribution in [3.05, 3.63) is 101 Å². The van der Waals surface area contributed by atoms with Crippen LogP contribution >= 0.6 is 0 Å². The number of alkyl halides is 2. The van der Waals surface area contributed by atoms with E-state index >= 15 is 22.0 Å². The average molecular weight is 607 g/mol. The Kier molecular flexibility index (Phi) is 7.82. The van der Waals surface area contributed by atoms with Crippen LogP contribution in [-0.2, 0) is 17.9 Å². The number of hydrogen-bond donors (Lipinski definition) is 0. The van der Waals surface area contributed by atoms with Crippen molar-refractivity contribution in [1.82, 2.24) is 0 Å². The first-order chi connectivity index (χ1) is 20.4. The molecule has 0 unspecified atom stereocenters. The van der Waals surface area contributed by atoms with Gasteiger partial charge in [-0.05, 0) is 41.5 Å². The van der Waals surface area contributed by atoms with Crippen LogP contribution in [0.4, 0.5) is 36.4 Å². The topological polar surface area (TPSA) is 57.2 Å². The SMILES string of the molecule is COc1ccc(COc2c(F)c(F)c(-c3cc4c(cc3F)OC(F)(F)C(=O)N4Cc3ccc(OC)cc3)c(F)c2F)cc1. The van der Waals surface area contributed by atoms with E-state index in [1.807, 2.05) is 0 Å². The zero-order valence-corrected chi connectivity index (χ0v) is 22.3. The van der Waals surface area contributed by atoms with Crippen molar-refractivity contribution in [2.45, 2.75) is 19.3 Å². The van der Waals surface area contributed by atoms with Crippen molar-refractivity contribution in [3.8, 4) is 34.1 Å². The maximum absolute atomic E-state index is 15.3. The van der Waals surface area contributed by atoms with Crippen LogP contribution in [-0.4, -0.2) is 26.2 Å². The second-order valence-corrected chi connectivity index (χ2v) is 9.25. The van der Waals surface area contributed by atoms with Gasteiger partial charge < -0.3 is 18.9 Å². The molecule has 224 valence electrons. The van der Waals surface area contributed by atoms with Crippen molar-refractivity contribution >= 4 is 11.6 Å². The largest absolute Gasteiger partial charge is 0.497 e. The second kappa shape index (κ2) is 11.4. The van der Waals surface area contributed by atoms with Gasteiger partial charge in [0.1, 0.15) is 23.9 Å². The first-order valence-electron chi connectivity index (χ1n) is 12.4. The summed E-state index contributed by atoms with van der Waals surface area (Å²) in [5.74, 6) is -12.7. The number of methoxy groups -OCH3 is 2. The lowest BCUT2D eigenvalue weighted by Crippen LogP contribution is -2.50. The van der Waals surface area contributed by atoms with Crippen LogP contribution < -0.4 is 23.8 Å². The highest BCUT2D eigenvalue weighted by Gasteiger charge is 2.51. The maximum atomic E-state index is 15.3. The summed E-state index contributed by atoms with van der Waals surface area (Å²) >= 11 is 0. The third-order valence-electron chi connectivity index (χ3n) is 6.61. The molecule has 1 aliphatic rings. The van der Waals surface area contributed by atoms with Crippen LogP contribution in [0.15, 0.2) is 60.7 Å². The number of benzene rings is 4. The minimum atomic E-state index is -4.41. The monoisotopic (exact) mass is 607 g/mol.